The van der Waals surface area contributed by atoms with Gasteiger partial charge >= 0.3 is 10.8 Å². The molecular weight excluding hydrogens is 304 g/mol. The lowest BCUT2D eigenvalue weighted by Crippen LogP contribution is -2.26. The van der Waals surface area contributed by atoms with E-state index < -0.39 is 20.9 Å². The fraction of sp³-hybridized carbons (Fsp3) is 0.636. The lowest BCUT2D eigenvalue weighted by atomic mass is 10.0. The van der Waals surface area contributed by atoms with Crippen molar-refractivity contribution in [3.05, 3.63) is 15.4 Å². The summed E-state index contributed by atoms with van der Waals surface area (Å²) in [4.78, 5) is 23.5. The van der Waals surface area contributed by atoms with Gasteiger partial charge in [0, 0.05) is 18.7 Å². The summed E-state index contributed by atoms with van der Waals surface area (Å²) in [6.45, 7) is 3.62. The van der Waals surface area contributed by atoms with E-state index in [2.05, 4.69) is 9.71 Å². The molecule has 1 rings (SSSR count). The number of carboxylic acid groups (broad SMARTS) is 1. The van der Waals surface area contributed by atoms with E-state index in [0.717, 1.165) is 0 Å². The molecule has 0 aliphatic rings. The van der Waals surface area contributed by atoms with Gasteiger partial charge in [0.2, 0.25) is 0 Å². The second-order valence-corrected chi connectivity index (χ2v) is 7.60. The van der Waals surface area contributed by atoms with Gasteiger partial charge in [0.1, 0.15) is 0 Å². The first-order chi connectivity index (χ1) is 9.22. The van der Waals surface area contributed by atoms with Crippen molar-refractivity contribution in [2.24, 2.45) is 5.92 Å². The van der Waals surface area contributed by atoms with Crippen LogP contribution in [0.15, 0.2) is 9.00 Å². The molecule has 1 aromatic heterocycles. The molecule has 0 saturated heterocycles. The molecule has 3 N–H and O–H groups in total. The van der Waals surface area contributed by atoms with Crippen LogP contribution in [0.25, 0.3) is 0 Å². The number of thiazole rings is 1. The number of carboxylic acids is 1. The summed E-state index contributed by atoms with van der Waals surface area (Å²) in [6, 6.07) is 0. The van der Waals surface area contributed by atoms with Crippen LogP contribution >= 0.6 is 11.3 Å². The molecule has 1 heterocycles. The Bertz CT molecular complexity index is 617. The Balaban J connectivity index is 2.51. The maximum absolute atomic E-state index is 12.0. The second-order valence-electron chi connectivity index (χ2n) is 4.65. The monoisotopic (exact) mass is 322 g/mol. The number of nitrogens with one attached hydrogen (secondary N) is 2. The zero-order valence-corrected chi connectivity index (χ0v) is 12.9. The first-order valence-corrected chi connectivity index (χ1v) is 8.43. The minimum Gasteiger partial charge on any atom is -0.481 e. The first kappa shape index (κ1) is 16.9. The molecule has 20 heavy (non-hydrogen) atoms. The molecule has 0 radical (unpaired) electrons. The molecule has 0 amide bonds. The highest BCUT2D eigenvalue weighted by atomic mass is 32.2. The smallest absolute Gasteiger partial charge is 0.305 e. The van der Waals surface area contributed by atoms with E-state index in [0.29, 0.717) is 29.9 Å². The lowest BCUT2D eigenvalue weighted by Gasteiger charge is -2.10. The normalized spacial score (nSPS) is 13.3. The number of carbonyl (C=O) groups is 1. The summed E-state index contributed by atoms with van der Waals surface area (Å²) >= 11 is 0.655. The van der Waals surface area contributed by atoms with E-state index in [1.54, 1.807) is 0 Å². The Hall–Kier alpha value is -1.19. The van der Waals surface area contributed by atoms with E-state index in [4.69, 9.17) is 5.11 Å². The van der Waals surface area contributed by atoms with Gasteiger partial charge in [-0.2, -0.15) is 0 Å². The lowest BCUT2D eigenvalue weighted by molar-refractivity contribution is -0.137. The molecule has 0 aliphatic heterocycles. The predicted molar refractivity (Wildman–Crippen MR) is 75.5 cm³/mol. The maximum Gasteiger partial charge on any atom is 0.305 e. The minimum atomic E-state index is -3.68. The zero-order chi connectivity index (χ0) is 15.3. The summed E-state index contributed by atoms with van der Waals surface area (Å²) in [6.07, 6.45) is 1.13. The predicted octanol–water partition coefficient (Wildman–Crippen LogP) is 0.914. The van der Waals surface area contributed by atoms with Crippen LogP contribution in [-0.4, -0.2) is 31.0 Å². The van der Waals surface area contributed by atoms with Gasteiger partial charge in [-0.25, -0.2) is 13.1 Å². The number of hydrogen-bond acceptors (Lipinski definition) is 5. The molecule has 1 aromatic rings. The quantitative estimate of drug-likeness (QED) is 0.658. The Morgan fingerprint density at radius 3 is 2.60 bits per heavy atom. The van der Waals surface area contributed by atoms with Crippen LogP contribution in [-0.2, 0) is 14.8 Å². The van der Waals surface area contributed by atoms with E-state index in [1.807, 2.05) is 6.92 Å². The summed E-state index contributed by atoms with van der Waals surface area (Å²) in [5, 5.41) is 8.56. The fourth-order valence-electron chi connectivity index (χ4n) is 1.67. The number of H-pyrrole nitrogens is 1. The van der Waals surface area contributed by atoms with Crippen LogP contribution in [0.1, 0.15) is 31.9 Å². The highest BCUT2D eigenvalue weighted by Crippen LogP contribution is 2.16. The highest BCUT2D eigenvalue weighted by molar-refractivity contribution is 7.91. The van der Waals surface area contributed by atoms with Gasteiger partial charge in [0.05, 0.1) is 0 Å². The molecule has 9 heteroatoms. The second kappa shape index (κ2) is 7.00. The number of aromatic nitrogens is 1. The Morgan fingerprint density at radius 1 is 1.45 bits per heavy atom. The van der Waals surface area contributed by atoms with Crippen LogP contribution < -0.4 is 9.60 Å². The number of sulfonamides is 1. The summed E-state index contributed by atoms with van der Waals surface area (Å²) in [5.41, 5.74) is 0.325. The van der Waals surface area contributed by atoms with Crippen molar-refractivity contribution in [2.75, 3.05) is 6.54 Å². The molecule has 0 bridgehead atoms. The van der Waals surface area contributed by atoms with Crippen LogP contribution in [0.5, 0.6) is 0 Å². The third-order valence-electron chi connectivity index (χ3n) is 2.81. The van der Waals surface area contributed by atoms with Crippen molar-refractivity contribution in [3.63, 3.8) is 0 Å². The molecule has 0 saturated carbocycles. The number of hydrogen-bond donors (Lipinski definition) is 3. The minimum absolute atomic E-state index is 0.000638. The van der Waals surface area contributed by atoms with Crippen molar-refractivity contribution in [1.29, 1.82) is 0 Å². The number of aliphatic carboxylic acids is 1. The average molecular weight is 322 g/mol. The van der Waals surface area contributed by atoms with Gasteiger partial charge < -0.3 is 10.1 Å². The van der Waals surface area contributed by atoms with E-state index >= 15 is 0 Å². The van der Waals surface area contributed by atoms with Crippen molar-refractivity contribution >= 4 is 27.3 Å². The molecule has 0 spiro atoms. The van der Waals surface area contributed by atoms with Crippen molar-refractivity contribution < 1.29 is 18.3 Å². The molecule has 1 unspecified atom stereocenters. The number of aryl methyl sites for hydroxylation is 1. The van der Waals surface area contributed by atoms with Gasteiger partial charge in [-0.15, -0.1) is 0 Å². The highest BCUT2D eigenvalue weighted by Gasteiger charge is 2.20. The first-order valence-electron chi connectivity index (χ1n) is 6.13. The Labute approximate surface area is 121 Å². The van der Waals surface area contributed by atoms with Crippen LogP contribution in [0.3, 0.4) is 0 Å². The van der Waals surface area contributed by atoms with E-state index in [9.17, 15) is 18.0 Å². The van der Waals surface area contributed by atoms with Crippen molar-refractivity contribution in [1.82, 2.24) is 9.71 Å². The molecule has 114 valence electrons. The van der Waals surface area contributed by atoms with Crippen LogP contribution in [0.4, 0.5) is 0 Å². The number of rotatable bonds is 8. The standard InChI is InChI=1S/C11H18N2O5S2/c1-7(3-4-9(14)15)5-6-12-20(17,18)10-8(2)13-11(16)19-10/h7,12H,3-6H2,1-2H3,(H,13,16)(H,14,15). The van der Waals surface area contributed by atoms with Crippen molar-refractivity contribution in [3.8, 4) is 0 Å². The van der Waals surface area contributed by atoms with Crippen LogP contribution in [0, 0.1) is 12.8 Å². The van der Waals surface area contributed by atoms with Gasteiger partial charge in [0.25, 0.3) is 10.0 Å². The molecular formula is C11H18N2O5S2. The SMILES string of the molecule is Cc1[nH]c(=O)sc1S(=O)(=O)NCCC(C)CCC(=O)O. The third kappa shape index (κ3) is 5.06. The largest absolute Gasteiger partial charge is 0.481 e. The van der Waals surface area contributed by atoms with E-state index in [-0.39, 0.29) is 23.1 Å². The summed E-state index contributed by atoms with van der Waals surface area (Å²) in [5.74, 6) is -0.745. The Morgan fingerprint density at radius 2 is 2.10 bits per heavy atom. The molecule has 7 nitrogen and oxygen atoms in total. The van der Waals surface area contributed by atoms with Gasteiger partial charge in [-0.1, -0.05) is 18.3 Å². The third-order valence-corrected chi connectivity index (χ3v) is 5.87. The topological polar surface area (TPSA) is 116 Å². The van der Waals surface area contributed by atoms with Gasteiger partial charge in [-0.3, -0.25) is 9.59 Å². The molecule has 0 aromatic carbocycles. The van der Waals surface area contributed by atoms with Crippen molar-refractivity contribution in [2.45, 2.75) is 37.3 Å². The number of aromatic amines is 1. The van der Waals surface area contributed by atoms with Gasteiger partial charge in [-0.05, 0) is 25.7 Å². The van der Waals surface area contributed by atoms with Crippen LogP contribution in [0.2, 0.25) is 0 Å². The van der Waals surface area contributed by atoms with E-state index in [1.165, 1.54) is 6.92 Å². The summed E-state index contributed by atoms with van der Waals surface area (Å²) in [7, 11) is -3.68. The molecule has 1 atom stereocenters. The maximum atomic E-state index is 12.0. The van der Waals surface area contributed by atoms with Gasteiger partial charge in [0.15, 0.2) is 4.21 Å². The zero-order valence-electron chi connectivity index (χ0n) is 11.3. The molecule has 0 aliphatic carbocycles. The fourth-order valence-corrected chi connectivity index (χ4v) is 4.06. The average Bonchev–Trinajstić information content (AvgIpc) is 2.66. The summed E-state index contributed by atoms with van der Waals surface area (Å²) < 4.78 is 26.3. The molecule has 0 fully saturated rings. The Kier molecular flexibility index (Phi) is 5.90.